The van der Waals surface area contributed by atoms with Crippen molar-refractivity contribution < 1.29 is 0 Å². The number of hydrogen-bond donors (Lipinski definition) is 0. The van der Waals surface area contributed by atoms with Gasteiger partial charge in [0.15, 0.2) is 0 Å². The summed E-state index contributed by atoms with van der Waals surface area (Å²) >= 11 is 1.87. The quantitative estimate of drug-likeness (QED) is 0.176. The van der Waals surface area contributed by atoms with Crippen LogP contribution in [0.1, 0.15) is 0 Å². The minimum atomic E-state index is 0.946. The Labute approximate surface area is 310 Å². The van der Waals surface area contributed by atoms with Gasteiger partial charge in [0, 0.05) is 65.0 Å². The average Bonchev–Trinajstić information content (AvgIpc) is 3.91. The molecule has 0 aliphatic heterocycles. The SMILES string of the molecule is c1ccc(-c2cc(-c3ccccc3)nc(-c3cccc(-n4c5cc6ccn(-c7ccccc7)c6cc5c5cc6c(cc54)sc4ccccc46)c3)c2)cc1. The third-order valence-corrected chi connectivity index (χ3v) is 11.6. The topological polar surface area (TPSA) is 22.8 Å². The Morgan fingerprint density at radius 2 is 1.02 bits per heavy atom. The van der Waals surface area contributed by atoms with E-state index in [1.165, 1.54) is 58.4 Å². The molecule has 11 rings (SSSR count). The van der Waals surface area contributed by atoms with Crippen LogP contribution in [0.15, 0.2) is 188 Å². The molecule has 0 spiro atoms. The largest absolute Gasteiger partial charge is 0.317 e. The number of aromatic nitrogens is 3. The minimum Gasteiger partial charge on any atom is -0.317 e. The highest BCUT2D eigenvalue weighted by Crippen LogP contribution is 2.42. The lowest BCUT2D eigenvalue weighted by molar-refractivity contribution is 1.13. The standard InChI is InChI=1S/C49H31N3S/c1-4-13-32(14-5-1)36-26-43(33-15-6-2-7-16-33)50-44(27-36)34-17-12-20-38(25-34)52-46-28-35-23-24-51(37-18-8-3-9-19-37)45(35)30-41(46)40-29-42-39-21-10-11-22-48(39)53-49(42)31-47(40)52/h1-31H. The van der Waals surface area contributed by atoms with Gasteiger partial charge in [0.05, 0.1) is 27.9 Å². The van der Waals surface area contributed by atoms with Crippen LogP contribution in [-0.2, 0) is 0 Å². The molecule has 0 aliphatic carbocycles. The highest BCUT2D eigenvalue weighted by molar-refractivity contribution is 7.25. The summed E-state index contributed by atoms with van der Waals surface area (Å²) in [7, 11) is 0. The summed E-state index contributed by atoms with van der Waals surface area (Å²) in [5, 5.41) is 6.31. The number of fused-ring (bicyclic) bond motifs is 7. The highest BCUT2D eigenvalue weighted by atomic mass is 32.1. The van der Waals surface area contributed by atoms with Gasteiger partial charge in [0.2, 0.25) is 0 Å². The van der Waals surface area contributed by atoms with E-state index in [1.807, 2.05) is 11.3 Å². The lowest BCUT2D eigenvalue weighted by Gasteiger charge is -2.13. The van der Waals surface area contributed by atoms with E-state index in [0.717, 1.165) is 39.5 Å². The lowest BCUT2D eigenvalue weighted by atomic mass is 10.00. The number of benzene rings is 7. The van der Waals surface area contributed by atoms with Crippen molar-refractivity contribution >= 4 is 64.2 Å². The Bertz CT molecular complexity index is 3090. The smallest absolute Gasteiger partial charge is 0.0716 e. The van der Waals surface area contributed by atoms with Gasteiger partial charge in [-0.3, -0.25) is 0 Å². The first kappa shape index (κ1) is 29.9. The van der Waals surface area contributed by atoms with Crippen LogP contribution in [0.25, 0.3) is 97.9 Å². The van der Waals surface area contributed by atoms with Gasteiger partial charge in [0.25, 0.3) is 0 Å². The summed E-state index contributed by atoms with van der Waals surface area (Å²) in [6.45, 7) is 0. The first-order chi connectivity index (χ1) is 26.2. The third kappa shape index (κ3) is 4.91. The van der Waals surface area contributed by atoms with E-state index >= 15 is 0 Å². The third-order valence-electron chi connectivity index (χ3n) is 10.5. The zero-order valence-corrected chi connectivity index (χ0v) is 29.5. The van der Waals surface area contributed by atoms with Gasteiger partial charge in [-0.2, -0.15) is 0 Å². The predicted molar refractivity (Wildman–Crippen MR) is 225 cm³/mol. The van der Waals surface area contributed by atoms with E-state index in [2.05, 4.69) is 197 Å². The van der Waals surface area contributed by atoms with Crippen molar-refractivity contribution in [1.29, 1.82) is 0 Å². The van der Waals surface area contributed by atoms with Crippen molar-refractivity contribution in [2.75, 3.05) is 0 Å². The number of rotatable bonds is 5. The molecule has 0 saturated carbocycles. The molecule has 0 unspecified atom stereocenters. The second-order valence-electron chi connectivity index (χ2n) is 13.7. The van der Waals surface area contributed by atoms with Gasteiger partial charge < -0.3 is 9.13 Å². The predicted octanol–water partition coefficient (Wildman–Crippen LogP) is 13.5. The van der Waals surface area contributed by atoms with Gasteiger partial charge in [-0.15, -0.1) is 11.3 Å². The molecule has 7 aromatic carbocycles. The van der Waals surface area contributed by atoms with Gasteiger partial charge in [0.1, 0.15) is 0 Å². The maximum Gasteiger partial charge on any atom is 0.0716 e. The molecule has 53 heavy (non-hydrogen) atoms. The maximum absolute atomic E-state index is 5.27. The Morgan fingerprint density at radius 3 is 1.83 bits per heavy atom. The molecule has 3 nitrogen and oxygen atoms in total. The minimum absolute atomic E-state index is 0.946. The zero-order chi connectivity index (χ0) is 34.9. The van der Waals surface area contributed by atoms with Crippen LogP contribution >= 0.6 is 11.3 Å². The normalized spacial score (nSPS) is 11.8. The molecule has 0 saturated heterocycles. The van der Waals surface area contributed by atoms with Crippen LogP contribution in [0.5, 0.6) is 0 Å². The molecular formula is C49H31N3S. The Morgan fingerprint density at radius 1 is 0.377 bits per heavy atom. The summed E-state index contributed by atoms with van der Waals surface area (Å²) in [5.74, 6) is 0. The lowest BCUT2D eigenvalue weighted by Crippen LogP contribution is -1.96. The zero-order valence-electron chi connectivity index (χ0n) is 28.6. The Balaban J connectivity index is 1.17. The fraction of sp³-hybridized carbons (Fsp3) is 0. The number of thiophene rings is 1. The van der Waals surface area contributed by atoms with Crippen molar-refractivity contribution in [3.05, 3.63) is 188 Å². The molecule has 0 N–H and O–H groups in total. The summed E-state index contributed by atoms with van der Waals surface area (Å²) in [6.07, 6.45) is 2.19. The molecule has 0 fully saturated rings. The van der Waals surface area contributed by atoms with Crippen LogP contribution in [0.3, 0.4) is 0 Å². The summed E-state index contributed by atoms with van der Waals surface area (Å²) in [6, 6.07) is 65.6. The number of nitrogens with zero attached hydrogens (tertiary/aromatic N) is 3. The molecule has 0 radical (unpaired) electrons. The molecule has 11 aromatic rings. The second kappa shape index (κ2) is 11.9. The molecule has 4 heterocycles. The van der Waals surface area contributed by atoms with Crippen LogP contribution in [-0.4, -0.2) is 14.1 Å². The molecule has 0 aliphatic rings. The number of pyridine rings is 1. The van der Waals surface area contributed by atoms with Crippen molar-refractivity contribution in [3.8, 4) is 45.0 Å². The Kier molecular flexibility index (Phi) is 6.73. The fourth-order valence-corrected chi connectivity index (χ4v) is 9.11. The average molecular weight is 694 g/mol. The van der Waals surface area contributed by atoms with Gasteiger partial charge in [-0.1, -0.05) is 109 Å². The molecule has 0 bridgehead atoms. The summed E-state index contributed by atoms with van der Waals surface area (Å²) < 4.78 is 7.36. The highest BCUT2D eigenvalue weighted by Gasteiger charge is 2.19. The van der Waals surface area contributed by atoms with Crippen molar-refractivity contribution in [1.82, 2.24) is 14.1 Å². The van der Waals surface area contributed by atoms with E-state index in [4.69, 9.17) is 4.98 Å². The van der Waals surface area contributed by atoms with Gasteiger partial charge in [-0.25, -0.2) is 4.98 Å². The molecule has 248 valence electrons. The maximum atomic E-state index is 5.27. The molecule has 4 heteroatoms. The van der Waals surface area contributed by atoms with E-state index in [9.17, 15) is 0 Å². The summed E-state index contributed by atoms with van der Waals surface area (Å²) in [5.41, 5.74) is 12.3. The van der Waals surface area contributed by atoms with E-state index in [0.29, 0.717) is 0 Å². The first-order valence-corrected chi connectivity index (χ1v) is 18.8. The van der Waals surface area contributed by atoms with Crippen molar-refractivity contribution in [3.63, 3.8) is 0 Å². The fourth-order valence-electron chi connectivity index (χ4n) is 7.99. The van der Waals surface area contributed by atoms with Gasteiger partial charge in [-0.05, 0) is 83.9 Å². The summed E-state index contributed by atoms with van der Waals surface area (Å²) in [4.78, 5) is 5.27. The van der Waals surface area contributed by atoms with E-state index in [-0.39, 0.29) is 0 Å². The monoisotopic (exact) mass is 693 g/mol. The van der Waals surface area contributed by atoms with Crippen molar-refractivity contribution in [2.24, 2.45) is 0 Å². The molecule has 0 atom stereocenters. The van der Waals surface area contributed by atoms with E-state index in [1.54, 1.807) is 0 Å². The first-order valence-electron chi connectivity index (χ1n) is 17.9. The van der Waals surface area contributed by atoms with Crippen LogP contribution in [0.2, 0.25) is 0 Å². The van der Waals surface area contributed by atoms with Crippen LogP contribution < -0.4 is 0 Å². The van der Waals surface area contributed by atoms with Crippen molar-refractivity contribution in [2.45, 2.75) is 0 Å². The van der Waals surface area contributed by atoms with Gasteiger partial charge >= 0.3 is 0 Å². The molecule has 0 amide bonds. The molecular weight excluding hydrogens is 663 g/mol. The van der Waals surface area contributed by atoms with Crippen LogP contribution in [0.4, 0.5) is 0 Å². The molecule has 4 aromatic heterocycles. The van der Waals surface area contributed by atoms with Crippen LogP contribution in [0, 0.1) is 0 Å². The van der Waals surface area contributed by atoms with E-state index < -0.39 is 0 Å². The number of para-hydroxylation sites is 1. The second-order valence-corrected chi connectivity index (χ2v) is 14.7. The number of hydrogen-bond acceptors (Lipinski definition) is 2. The Hall–Kier alpha value is -6.75.